The molecule has 0 aliphatic carbocycles. The number of aromatic amines is 2. The first-order chi connectivity index (χ1) is 6.22. The number of nitrogens with one attached hydrogen (secondary N) is 2. The molecule has 0 saturated carbocycles. The Balaban J connectivity index is 2.23. The molecule has 13 heavy (non-hydrogen) atoms. The molecule has 0 radical (unpaired) electrons. The van der Waals surface area contributed by atoms with Gasteiger partial charge in [0.05, 0.1) is 31.5 Å². The van der Waals surface area contributed by atoms with E-state index >= 15 is 0 Å². The van der Waals surface area contributed by atoms with Gasteiger partial charge in [-0.05, 0) is 0 Å². The molecule has 0 atom stereocenters. The van der Waals surface area contributed by atoms with Gasteiger partial charge in [-0.1, -0.05) is 0 Å². The summed E-state index contributed by atoms with van der Waals surface area (Å²) in [6.45, 7) is 0.724. The third-order valence-electron chi connectivity index (χ3n) is 2.10. The summed E-state index contributed by atoms with van der Waals surface area (Å²) in [5.74, 6) is 0. The van der Waals surface area contributed by atoms with Gasteiger partial charge in [0.2, 0.25) is 0 Å². The first-order valence-corrected chi connectivity index (χ1v) is 3.83. The molecule has 1 aromatic heterocycles. The Hall–Kier alpha value is -1.72. The molecule has 0 bridgehead atoms. The van der Waals surface area contributed by atoms with Gasteiger partial charge in [-0.25, -0.2) is 4.79 Å². The lowest BCUT2D eigenvalue weighted by molar-refractivity contribution is 0.122. The summed E-state index contributed by atoms with van der Waals surface area (Å²) in [6, 6.07) is 0. The van der Waals surface area contributed by atoms with Crippen LogP contribution in [0.25, 0.3) is 0 Å². The monoisotopic (exact) mass is 183 g/mol. The first-order valence-electron chi connectivity index (χ1n) is 3.83. The number of hydrogen-bond donors (Lipinski definition) is 2. The van der Waals surface area contributed by atoms with Gasteiger partial charge < -0.3 is 9.84 Å². The Kier molecular flexibility index (Phi) is 1.61. The maximum atomic E-state index is 11.1. The topological polar surface area (TPSA) is 78.2 Å². The Morgan fingerprint density at radius 2 is 2.23 bits per heavy atom. The second kappa shape index (κ2) is 2.65. The van der Waals surface area contributed by atoms with Crippen molar-refractivity contribution in [3.05, 3.63) is 21.6 Å². The lowest BCUT2D eigenvalue weighted by atomic mass is 10.3. The summed E-state index contributed by atoms with van der Waals surface area (Å²) >= 11 is 0. The average molecular weight is 183 g/mol. The van der Waals surface area contributed by atoms with E-state index in [9.17, 15) is 9.59 Å². The Morgan fingerprint density at radius 3 is 2.85 bits per heavy atom. The van der Waals surface area contributed by atoms with Crippen LogP contribution in [-0.4, -0.2) is 28.3 Å². The first kappa shape index (κ1) is 7.90. The van der Waals surface area contributed by atoms with Crippen molar-refractivity contribution in [2.75, 3.05) is 7.11 Å². The Labute approximate surface area is 73.5 Å². The number of nitrogens with zero attached hydrogens (tertiary/aromatic N) is 1. The highest BCUT2D eigenvalue weighted by Crippen LogP contribution is 2.17. The second-order valence-corrected chi connectivity index (χ2v) is 2.86. The lowest BCUT2D eigenvalue weighted by Crippen LogP contribution is -2.26. The largest absolute Gasteiger partial charge is 0.453 e. The van der Waals surface area contributed by atoms with E-state index < -0.39 is 6.09 Å². The highest BCUT2D eigenvalue weighted by molar-refractivity contribution is 5.68. The quantitative estimate of drug-likeness (QED) is 0.584. The number of aromatic nitrogens is 2. The minimum absolute atomic E-state index is 0.165. The van der Waals surface area contributed by atoms with Crippen molar-refractivity contribution in [2.24, 2.45) is 0 Å². The van der Waals surface area contributed by atoms with Gasteiger partial charge in [-0.15, -0.1) is 0 Å². The third kappa shape index (κ3) is 1.10. The van der Waals surface area contributed by atoms with E-state index in [-0.39, 0.29) is 5.56 Å². The van der Waals surface area contributed by atoms with Crippen molar-refractivity contribution in [3.8, 4) is 0 Å². The number of fused-ring (bicyclic) bond motifs is 1. The van der Waals surface area contributed by atoms with Gasteiger partial charge in [0.15, 0.2) is 0 Å². The predicted molar refractivity (Wildman–Crippen MR) is 43.1 cm³/mol. The van der Waals surface area contributed by atoms with E-state index in [4.69, 9.17) is 0 Å². The van der Waals surface area contributed by atoms with Crippen LogP contribution in [0, 0.1) is 0 Å². The summed E-state index contributed by atoms with van der Waals surface area (Å²) in [4.78, 5) is 23.6. The lowest BCUT2D eigenvalue weighted by Gasteiger charge is -2.12. The maximum absolute atomic E-state index is 11.1. The smallest absolute Gasteiger partial charge is 0.410 e. The average Bonchev–Trinajstić information content (AvgIpc) is 2.67. The van der Waals surface area contributed by atoms with Crippen LogP contribution >= 0.6 is 0 Å². The van der Waals surface area contributed by atoms with E-state index in [0.717, 1.165) is 5.69 Å². The fraction of sp³-hybridized carbons (Fsp3) is 0.429. The van der Waals surface area contributed by atoms with Crippen LogP contribution < -0.4 is 5.56 Å². The number of carbonyl (C=O) groups is 1. The predicted octanol–water partition coefficient (Wildman–Crippen LogP) is -0.215. The molecule has 1 aromatic rings. The van der Waals surface area contributed by atoms with Gasteiger partial charge >= 0.3 is 6.09 Å². The fourth-order valence-electron chi connectivity index (χ4n) is 1.42. The molecule has 6 heteroatoms. The number of methoxy groups -OCH3 is 1. The van der Waals surface area contributed by atoms with Crippen LogP contribution in [0.15, 0.2) is 4.79 Å². The van der Waals surface area contributed by atoms with Crippen molar-refractivity contribution >= 4 is 6.09 Å². The SMILES string of the molecule is COC(=O)N1Cc2[nH][nH]c(=O)c2C1. The molecule has 0 spiro atoms. The van der Waals surface area contributed by atoms with Crippen LogP contribution in [0.3, 0.4) is 0 Å². The molecular weight excluding hydrogens is 174 g/mol. The molecule has 1 aliphatic rings. The van der Waals surface area contributed by atoms with Gasteiger partial charge in [-0.3, -0.25) is 14.8 Å². The molecule has 6 nitrogen and oxygen atoms in total. The summed E-state index contributed by atoms with van der Waals surface area (Å²) in [5.41, 5.74) is 1.21. The van der Waals surface area contributed by atoms with Crippen LogP contribution in [0.4, 0.5) is 4.79 Å². The van der Waals surface area contributed by atoms with Gasteiger partial charge in [0.1, 0.15) is 0 Å². The van der Waals surface area contributed by atoms with E-state index in [1.807, 2.05) is 0 Å². The van der Waals surface area contributed by atoms with Crippen molar-refractivity contribution in [1.82, 2.24) is 15.1 Å². The van der Waals surface area contributed by atoms with Crippen molar-refractivity contribution in [2.45, 2.75) is 13.1 Å². The second-order valence-electron chi connectivity index (χ2n) is 2.86. The van der Waals surface area contributed by atoms with Crippen molar-refractivity contribution < 1.29 is 9.53 Å². The minimum Gasteiger partial charge on any atom is -0.453 e. The minimum atomic E-state index is -0.413. The molecule has 1 aliphatic heterocycles. The number of amides is 1. The maximum Gasteiger partial charge on any atom is 0.410 e. The van der Waals surface area contributed by atoms with E-state index in [1.54, 1.807) is 0 Å². The van der Waals surface area contributed by atoms with E-state index in [2.05, 4.69) is 14.9 Å². The Bertz CT molecular complexity index is 392. The van der Waals surface area contributed by atoms with E-state index in [1.165, 1.54) is 12.0 Å². The number of hydrogen-bond acceptors (Lipinski definition) is 3. The van der Waals surface area contributed by atoms with Crippen molar-refractivity contribution in [1.29, 1.82) is 0 Å². The van der Waals surface area contributed by atoms with Crippen LogP contribution in [0.2, 0.25) is 0 Å². The highest BCUT2D eigenvalue weighted by atomic mass is 16.5. The molecule has 2 heterocycles. The molecule has 70 valence electrons. The number of H-pyrrole nitrogens is 2. The third-order valence-corrected chi connectivity index (χ3v) is 2.10. The number of carbonyl (C=O) groups excluding carboxylic acids is 1. The number of rotatable bonds is 0. The molecule has 2 rings (SSSR count). The normalized spacial score (nSPS) is 14.4. The van der Waals surface area contributed by atoms with Crippen LogP contribution in [0.1, 0.15) is 11.3 Å². The van der Waals surface area contributed by atoms with Gasteiger partial charge in [0.25, 0.3) is 5.56 Å². The van der Waals surface area contributed by atoms with Crippen LogP contribution in [-0.2, 0) is 17.8 Å². The zero-order valence-electron chi connectivity index (χ0n) is 7.09. The van der Waals surface area contributed by atoms with Crippen molar-refractivity contribution in [3.63, 3.8) is 0 Å². The summed E-state index contributed by atoms with van der Waals surface area (Å²) in [5, 5.41) is 5.17. The van der Waals surface area contributed by atoms with Crippen LogP contribution in [0.5, 0.6) is 0 Å². The molecule has 2 N–H and O–H groups in total. The van der Waals surface area contributed by atoms with Gasteiger partial charge in [0, 0.05) is 0 Å². The Morgan fingerprint density at radius 1 is 1.46 bits per heavy atom. The molecule has 0 aromatic carbocycles. The highest BCUT2D eigenvalue weighted by Gasteiger charge is 2.27. The molecule has 1 amide bonds. The summed E-state index contributed by atoms with van der Waals surface area (Å²) < 4.78 is 4.54. The number of ether oxygens (including phenoxy) is 1. The zero-order valence-corrected chi connectivity index (χ0v) is 7.09. The molecular formula is C7H9N3O3. The van der Waals surface area contributed by atoms with E-state index in [0.29, 0.717) is 18.7 Å². The fourth-order valence-corrected chi connectivity index (χ4v) is 1.42. The zero-order chi connectivity index (χ0) is 9.42. The summed E-state index contributed by atoms with van der Waals surface area (Å²) in [6.07, 6.45) is -0.413. The molecule has 0 fully saturated rings. The standard InChI is InChI=1S/C7H9N3O3/c1-13-7(12)10-2-4-5(3-10)8-9-6(4)11/h2-3H2,1H3,(H2,8,9,11). The summed E-state index contributed by atoms with van der Waals surface area (Å²) in [7, 11) is 1.32. The molecule has 0 saturated heterocycles. The molecule has 0 unspecified atom stereocenters. The van der Waals surface area contributed by atoms with Gasteiger partial charge in [-0.2, -0.15) is 0 Å².